The molecule has 0 N–H and O–H groups in total. The van der Waals surface area contributed by atoms with Crippen LogP contribution in [0.5, 0.6) is 0 Å². The number of aromatic nitrogens is 7. The Kier molecular flexibility index (Phi) is 20.9. The lowest BCUT2D eigenvalue weighted by Crippen LogP contribution is -2.09. The molecule has 3 heterocycles. The molecule has 8 nitrogen and oxygen atoms in total. The van der Waals surface area contributed by atoms with E-state index in [1.807, 2.05) is 135 Å². The zero-order valence-corrected chi connectivity index (χ0v) is 61.6. The van der Waals surface area contributed by atoms with E-state index >= 15 is 0 Å². The predicted octanol–water partition coefficient (Wildman–Crippen LogP) is 24.4. The van der Waals surface area contributed by atoms with Crippen LogP contribution >= 0.6 is 7.14 Å². The molecule has 17 aromatic rings. The summed E-state index contributed by atoms with van der Waals surface area (Å²) in [5.41, 5.74) is 25.3. The summed E-state index contributed by atoms with van der Waals surface area (Å²) in [6.07, 6.45) is 3.65. The zero-order chi connectivity index (χ0) is 74.4. The van der Waals surface area contributed by atoms with Gasteiger partial charge in [-0.1, -0.05) is 376 Å². The van der Waals surface area contributed by atoms with Gasteiger partial charge in [-0.05, 0) is 138 Å². The summed E-state index contributed by atoms with van der Waals surface area (Å²) >= 11 is 0. The molecule has 0 aliphatic carbocycles. The number of hydrogen-bond acceptors (Lipinski definition) is 8. The minimum Gasteiger partial charge on any atom is -0.319 e. The number of hydrogen-bond donors (Lipinski definition) is 0. The van der Waals surface area contributed by atoms with Gasteiger partial charge in [-0.2, -0.15) is 0 Å². The van der Waals surface area contributed by atoms with Crippen molar-refractivity contribution in [1.82, 2.24) is 34.9 Å². The van der Waals surface area contributed by atoms with Crippen molar-refractivity contribution in [2.45, 2.75) is 0 Å². The second kappa shape index (κ2) is 32.8. The maximum Gasteiger partial charge on any atom is 0.164 e. The number of benzene rings is 14. The fourth-order valence-electron chi connectivity index (χ4n) is 14.0. The van der Waals surface area contributed by atoms with E-state index in [0.717, 1.165) is 117 Å². The maximum atomic E-state index is 14.2. The fourth-order valence-corrected chi connectivity index (χ4v) is 15.2. The van der Waals surface area contributed by atoms with Crippen LogP contribution in [0.4, 0.5) is 0 Å². The molecule has 0 aliphatic heterocycles. The summed E-state index contributed by atoms with van der Waals surface area (Å²) in [4.78, 5) is 34.0. The van der Waals surface area contributed by atoms with Crippen LogP contribution in [0.1, 0.15) is 44.5 Å². The molecule has 17 rings (SSSR count). The highest BCUT2D eigenvalue weighted by molar-refractivity contribution is 7.70. The molecule has 0 bridgehead atoms. The van der Waals surface area contributed by atoms with Crippen LogP contribution in [0.2, 0.25) is 0 Å². The highest BCUT2D eigenvalue weighted by Crippen LogP contribution is 2.44. The Bertz CT molecular complexity index is 5970. The van der Waals surface area contributed by atoms with Crippen molar-refractivity contribution < 1.29 is 4.57 Å². The summed E-state index contributed by atoms with van der Waals surface area (Å²) in [5, 5.41) is 0.775. The Hall–Kier alpha value is -14.0. The third-order valence-corrected chi connectivity index (χ3v) is 20.8. The molecule has 0 saturated heterocycles. The van der Waals surface area contributed by atoms with Crippen molar-refractivity contribution in [1.29, 1.82) is 0 Å². The van der Waals surface area contributed by atoms with Gasteiger partial charge in [-0.15, -0.1) is 0 Å². The Morgan fingerprint density at radius 1 is 0.209 bits per heavy atom. The molecular weight excluding hydrogens is 1360 g/mol. The average Bonchev–Trinajstić information content (AvgIpc) is 0.764. The lowest BCUT2D eigenvalue weighted by molar-refractivity contribution is 0.588. The van der Waals surface area contributed by atoms with Crippen LogP contribution in [-0.4, -0.2) is 48.2 Å². The van der Waals surface area contributed by atoms with E-state index in [1.165, 1.54) is 22.3 Å². The van der Waals surface area contributed by atoms with E-state index in [0.29, 0.717) is 34.9 Å². The SMILES string of the molecule is CP(C)(=O)c1cc(-c2nc(-c3ccccc3)nc(-c3ccccc3)n2)ccc1-c1cccc(C(=C(c2ccccc2)c2ccccc2)c2ccccc2)c1.c1ccc(C(=C(c2ccccc2)c2cccc(-c3ccc(-c4nc(-c5ccccc5)nc(-c5ccc(-c6cccnc6)cc5)n4)cc3)c2)c2ccccc2)cc1. The molecule has 0 radical (unpaired) electrons. The summed E-state index contributed by atoms with van der Waals surface area (Å²) in [6.45, 7) is 3.66. The van der Waals surface area contributed by atoms with Gasteiger partial charge in [-0.25, -0.2) is 29.9 Å². The van der Waals surface area contributed by atoms with Gasteiger partial charge < -0.3 is 4.57 Å². The van der Waals surface area contributed by atoms with Gasteiger partial charge in [0.2, 0.25) is 0 Å². The van der Waals surface area contributed by atoms with Crippen molar-refractivity contribution in [2.24, 2.45) is 0 Å². The highest BCUT2D eigenvalue weighted by atomic mass is 31.2. The topological polar surface area (TPSA) is 107 Å². The van der Waals surface area contributed by atoms with E-state index in [2.05, 4.69) is 290 Å². The fraction of sp³-hybridized carbons (Fsp3) is 0.0198. The number of nitrogens with zero attached hydrogens (tertiary/aromatic N) is 7. The normalized spacial score (nSPS) is 11.0. The molecule has 0 unspecified atom stereocenters. The molecule has 0 amide bonds. The lowest BCUT2D eigenvalue weighted by Gasteiger charge is -2.20. The van der Waals surface area contributed by atoms with Crippen molar-refractivity contribution in [2.75, 3.05) is 13.3 Å². The molecule has 3 aromatic heterocycles. The van der Waals surface area contributed by atoms with E-state index in [4.69, 9.17) is 29.9 Å². The van der Waals surface area contributed by atoms with Gasteiger partial charge >= 0.3 is 0 Å². The van der Waals surface area contributed by atoms with Gasteiger partial charge in [0.25, 0.3) is 0 Å². The molecule has 0 atom stereocenters. The van der Waals surface area contributed by atoms with Crippen LogP contribution in [0.15, 0.2) is 413 Å². The van der Waals surface area contributed by atoms with Crippen LogP contribution < -0.4 is 5.30 Å². The third kappa shape index (κ3) is 16.0. The van der Waals surface area contributed by atoms with Crippen LogP contribution in [0, 0.1) is 0 Å². The average molecular weight is 1430 g/mol. The van der Waals surface area contributed by atoms with Crippen molar-refractivity contribution in [3.05, 3.63) is 457 Å². The second-order valence-corrected chi connectivity index (χ2v) is 30.2. The Balaban J connectivity index is 0.000000167. The van der Waals surface area contributed by atoms with Gasteiger partial charge in [0.05, 0.1) is 0 Å². The largest absolute Gasteiger partial charge is 0.319 e. The Labute approximate surface area is 642 Å². The Morgan fingerprint density at radius 3 is 0.782 bits per heavy atom. The Morgan fingerprint density at radius 2 is 0.455 bits per heavy atom. The van der Waals surface area contributed by atoms with E-state index < -0.39 is 7.14 Å². The van der Waals surface area contributed by atoms with Crippen LogP contribution in [-0.2, 0) is 4.57 Å². The predicted molar refractivity (Wildman–Crippen MR) is 454 cm³/mol. The van der Waals surface area contributed by atoms with Crippen LogP contribution in [0.3, 0.4) is 0 Å². The molecule has 9 heteroatoms. The zero-order valence-electron chi connectivity index (χ0n) is 60.7. The van der Waals surface area contributed by atoms with Crippen molar-refractivity contribution in [3.8, 4) is 102 Å². The third-order valence-electron chi connectivity index (χ3n) is 19.3. The van der Waals surface area contributed by atoms with Gasteiger partial charge in [0, 0.05) is 51.1 Å². The standard InChI is InChI=1S/C52H36N4.C49H38N3OP/c1-5-15-39(16-6-1)48(40-17-7-2-8-18-40)49(41-19-9-3-10-20-41)46-24-13-23-45(35-46)37-26-30-43(31-27-37)51-54-50(42-21-11-4-12-22-42)55-52(56-51)44-32-28-38(29-33-44)47-25-14-34-53-36-47;1-54(2,53)44-34-42(49-51-47(38-25-14-6-15-26-38)50-48(52-49)39-27-16-7-17-28-39)31-32-43(44)40-29-18-30-41(33-40)46(37-23-12-5-13-24-37)45(35-19-8-3-9-20-35)36-21-10-4-11-22-36/h1-36H;3-34H,1-2H3. The molecule has 0 aliphatic rings. The minimum absolute atomic E-state index is 0.530. The monoisotopic (exact) mass is 1430 g/mol. The molecule has 110 heavy (non-hydrogen) atoms. The molecule has 0 fully saturated rings. The molecule has 524 valence electrons. The first-order valence-corrected chi connectivity index (χ1v) is 39.3. The van der Waals surface area contributed by atoms with E-state index in [-0.39, 0.29) is 0 Å². The first kappa shape index (κ1) is 70.3. The van der Waals surface area contributed by atoms with Gasteiger partial charge in [-0.3, -0.25) is 4.98 Å². The first-order valence-electron chi connectivity index (χ1n) is 36.7. The first-order chi connectivity index (χ1) is 54.2. The maximum absolute atomic E-state index is 14.2. The second-order valence-electron chi connectivity index (χ2n) is 27.0. The van der Waals surface area contributed by atoms with Crippen molar-refractivity contribution >= 4 is 34.7 Å². The summed E-state index contributed by atoms with van der Waals surface area (Å²) in [5.74, 6) is 3.57. The summed E-state index contributed by atoms with van der Waals surface area (Å²) < 4.78 is 14.2. The lowest BCUT2D eigenvalue weighted by atomic mass is 9.85. The van der Waals surface area contributed by atoms with Crippen LogP contribution in [0.25, 0.3) is 124 Å². The molecule has 0 saturated carbocycles. The summed E-state index contributed by atoms with van der Waals surface area (Å²) in [7, 11) is -2.80. The van der Waals surface area contributed by atoms with Gasteiger partial charge in [0.15, 0.2) is 34.9 Å². The van der Waals surface area contributed by atoms with Crippen molar-refractivity contribution in [3.63, 3.8) is 0 Å². The number of pyridine rings is 1. The van der Waals surface area contributed by atoms with Gasteiger partial charge in [0.1, 0.15) is 7.14 Å². The molecular formula is C101H74N7OP. The quantitative estimate of drug-likeness (QED) is 0.0618. The summed E-state index contributed by atoms with van der Waals surface area (Å²) in [6, 6.07) is 138. The smallest absolute Gasteiger partial charge is 0.164 e. The highest BCUT2D eigenvalue weighted by Gasteiger charge is 2.24. The number of rotatable bonds is 18. The minimum atomic E-state index is -2.80. The van der Waals surface area contributed by atoms with E-state index in [1.54, 1.807) is 6.20 Å². The van der Waals surface area contributed by atoms with E-state index in [9.17, 15) is 4.57 Å². The molecule has 14 aromatic carbocycles. The molecule has 0 spiro atoms.